The van der Waals surface area contributed by atoms with Crippen molar-refractivity contribution in [2.24, 2.45) is 11.8 Å². The average molecular weight is 514 g/mol. The Morgan fingerprint density at radius 1 is 0.943 bits per heavy atom. The van der Waals surface area contributed by atoms with Crippen LogP contribution in [0, 0.1) is 11.8 Å². The Balaban J connectivity index is 1.59. The van der Waals surface area contributed by atoms with E-state index in [-0.39, 0.29) is 74.9 Å². The maximum Gasteiger partial charge on any atom is 0.308 e. The molecule has 3 N–H and O–H groups in total. The predicted molar refractivity (Wildman–Crippen MR) is 129 cm³/mol. The van der Waals surface area contributed by atoms with E-state index in [1.165, 1.54) is 4.90 Å². The number of aldehydes is 1. The first-order valence-electron chi connectivity index (χ1n) is 11.8. The number of amides is 4. The summed E-state index contributed by atoms with van der Waals surface area (Å²) in [5.41, 5.74) is 0. The Morgan fingerprint density at radius 2 is 1.49 bits per heavy atom. The van der Waals surface area contributed by atoms with Gasteiger partial charge in [-0.3, -0.25) is 24.0 Å². The van der Waals surface area contributed by atoms with E-state index in [0.717, 1.165) is 6.29 Å². The summed E-state index contributed by atoms with van der Waals surface area (Å²) in [5.74, 6) is -2.03. The summed E-state index contributed by atoms with van der Waals surface area (Å²) in [7, 11) is 0. The molecule has 2 unspecified atom stereocenters. The number of likely N-dealkylation sites (tertiary alicyclic amines) is 2. The van der Waals surface area contributed by atoms with Crippen molar-refractivity contribution in [1.82, 2.24) is 25.3 Å². The van der Waals surface area contributed by atoms with Gasteiger partial charge in [0.05, 0.1) is 5.92 Å². The lowest BCUT2D eigenvalue weighted by atomic mass is 10.1. The number of rotatable bonds is 16. The van der Waals surface area contributed by atoms with Gasteiger partial charge < -0.3 is 35.2 Å². The molecule has 4 amide bonds. The van der Waals surface area contributed by atoms with Gasteiger partial charge >= 0.3 is 5.97 Å². The molecule has 2 atom stereocenters. The molecule has 35 heavy (non-hydrogen) atoms. The monoisotopic (exact) mass is 513 g/mol. The molecule has 2 saturated heterocycles. The molecule has 2 fully saturated rings. The lowest BCUT2D eigenvalue weighted by Crippen LogP contribution is -2.39. The summed E-state index contributed by atoms with van der Waals surface area (Å²) >= 11 is 4.23. The summed E-state index contributed by atoms with van der Waals surface area (Å²) < 4.78 is 0. The minimum atomic E-state index is -0.989. The van der Waals surface area contributed by atoms with Crippen LogP contribution in [0.1, 0.15) is 25.7 Å². The van der Waals surface area contributed by atoms with E-state index < -0.39 is 11.9 Å². The first-order chi connectivity index (χ1) is 16.7. The van der Waals surface area contributed by atoms with Crippen LogP contribution >= 0.6 is 12.6 Å². The van der Waals surface area contributed by atoms with Crippen molar-refractivity contribution >= 4 is 48.5 Å². The van der Waals surface area contributed by atoms with Crippen LogP contribution in [0.2, 0.25) is 0 Å². The highest BCUT2D eigenvalue weighted by Gasteiger charge is 2.33. The minimum Gasteiger partial charge on any atom is -0.481 e. The molecule has 12 nitrogen and oxygen atoms in total. The smallest absolute Gasteiger partial charge is 0.308 e. The lowest BCUT2D eigenvalue weighted by Gasteiger charge is -2.21. The first-order valence-corrected chi connectivity index (χ1v) is 12.5. The molecule has 0 aromatic rings. The van der Waals surface area contributed by atoms with E-state index in [2.05, 4.69) is 23.3 Å². The number of nitrogens with zero attached hydrogens (tertiary/aromatic N) is 3. The molecule has 13 heteroatoms. The zero-order valence-corrected chi connectivity index (χ0v) is 20.7. The third-order valence-electron chi connectivity index (χ3n) is 6.13. The van der Waals surface area contributed by atoms with Crippen molar-refractivity contribution in [3.05, 3.63) is 0 Å². The molecule has 2 heterocycles. The van der Waals surface area contributed by atoms with Crippen molar-refractivity contribution in [3.63, 3.8) is 0 Å². The largest absolute Gasteiger partial charge is 0.481 e. The number of aliphatic carboxylic acids is 1. The molecular formula is C22H35N5O7S. The Morgan fingerprint density at radius 3 is 1.94 bits per heavy atom. The van der Waals surface area contributed by atoms with Crippen molar-refractivity contribution in [1.29, 1.82) is 0 Å². The topological polar surface area (TPSA) is 156 Å². The number of hydrogen-bond acceptors (Lipinski definition) is 8. The molecule has 0 bridgehead atoms. The molecule has 2 rings (SSSR count). The van der Waals surface area contributed by atoms with Crippen LogP contribution in [0.4, 0.5) is 0 Å². The number of nitrogens with one attached hydrogen (secondary N) is 2. The van der Waals surface area contributed by atoms with Crippen LogP contribution in [-0.4, -0.2) is 120 Å². The predicted octanol–water partition coefficient (Wildman–Crippen LogP) is -1.79. The molecule has 0 aliphatic carbocycles. The normalized spacial score (nSPS) is 19.9. The molecule has 0 aromatic heterocycles. The van der Waals surface area contributed by atoms with Crippen LogP contribution in [0.5, 0.6) is 0 Å². The first kappa shape index (κ1) is 28.6. The number of hydrogen-bond donors (Lipinski definition) is 4. The van der Waals surface area contributed by atoms with Gasteiger partial charge in [0.15, 0.2) is 0 Å². The van der Waals surface area contributed by atoms with Crippen LogP contribution in [0.15, 0.2) is 0 Å². The summed E-state index contributed by atoms with van der Waals surface area (Å²) in [6, 6.07) is 0. The lowest BCUT2D eigenvalue weighted by molar-refractivity contribution is -0.141. The van der Waals surface area contributed by atoms with E-state index in [1.54, 1.807) is 4.90 Å². The van der Waals surface area contributed by atoms with Gasteiger partial charge in [-0.25, -0.2) is 0 Å². The molecule has 0 spiro atoms. The Labute approximate surface area is 210 Å². The number of carbonyl (C=O) groups is 6. The van der Waals surface area contributed by atoms with Gasteiger partial charge in [0, 0.05) is 96.3 Å². The Kier molecular flexibility index (Phi) is 12.0. The molecule has 2 aliphatic rings. The van der Waals surface area contributed by atoms with Gasteiger partial charge in [0.1, 0.15) is 6.29 Å². The fraction of sp³-hybridized carbons (Fsp3) is 0.727. The van der Waals surface area contributed by atoms with Gasteiger partial charge in [-0.05, 0) is 0 Å². The quantitative estimate of drug-likeness (QED) is 0.139. The van der Waals surface area contributed by atoms with E-state index in [1.807, 2.05) is 4.90 Å². The number of carboxylic acids is 1. The van der Waals surface area contributed by atoms with Gasteiger partial charge in [0.2, 0.25) is 23.6 Å². The van der Waals surface area contributed by atoms with Crippen LogP contribution in [0.25, 0.3) is 0 Å². The second-order valence-corrected chi connectivity index (χ2v) is 9.23. The highest BCUT2D eigenvalue weighted by molar-refractivity contribution is 7.80. The maximum absolute atomic E-state index is 12.2. The molecule has 0 aromatic carbocycles. The van der Waals surface area contributed by atoms with E-state index in [4.69, 9.17) is 5.11 Å². The molecule has 0 radical (unpaired) electrons. The van der Waals surface area contributed by atoms with Gasteiger partial charge in [0.25, 0.3) is 0 Å². The van der Waals surface area contributed by atoms with Crippen LogP contribution < -0.4 is 10.6 Å². The number of thiol groups is 1. The van der Waals surface area contributed by atoms with Gasteiger partial charge in [-0.15, -0.1) is 0 Å². The van der Waals surface area contributed by atoms with Gasteiger partial charge in [-0.2, -0.15) is 12.6 Å². The van der Waals surface area contributed by atoms with Crippen molar-refractivity contribution in [2.45, 2.75) is 25.7 Å². The summed E-state index contributed by atoms with van der Waals surface area (Å²) in [5, 5.41) is 14.5. The second kappa shape index (κ2) is 14.7. The van der Waals surface area contributed by atoms with Crippen LogP contribution in [0.3, 0.4) is 0 Å². The van der Waals surface area contributed by atoms with E-state index >= 15 is 0 Å². The molecule has 2 aliphatic heterocycles. The zero-order valence-electron chi connectivity index (χ0n) is 19.8. The van der Waals surface area contributed by atoms with Gasteiger partial charge in [-0.1, -0.05) is 0 Å². The van der Waals surface area contributed by atoms with E-state index in [9.17, 15) is 28.8 Å². The average Bonchev–Trinajstić information content (AvgIpc) is 3.37. The van der Waals surface area contributed by atoms with E-state index in [0.29, 0.717) is 45.0 Å². The zero-order chi connectivity index (χ0) is 25.8. The second-order valence-electron chi connectivity index (χ2n) is 8.78. The van der Waals surface area contributed by atoms with Crippen molar-refractivity contribution < 1.29 is 33.9 Å². The van der Waals surface area contributed by atoms with Crippen molar-refractivity contribution in [2.75, 3.05) is 64.7 Å². The summed E-state index contributed by atoms with van der Waals surface area (Å²) in [6.07, 6.45) is 1.47. The SMILES string of the molecule is O=CC1CC(=O)N(CCNC(=O)CCN(CCS)CCC(=O)NCCN2CC(C(=O)O)CC2=O)C1. The highest BCUT2D eigenvalue weighted by Crippen LogP contribution is 2.17. The number of carboxylic acid groups (broad SMARTS) is 1. The number of carbonyl (C=O) groups excluding carboxylic acids is 5. The standard InChI is InChI=1S/C22H35N5O7S/c28-15-16-11-20(31)26(13-16)7-3-23-18(29)1-5-25(9-10-35)6-2-19(30)24-4-8-27-14-17(22(33)34)12-21(27)32/h15-17,35H,1-14H2,(H,23,29)(H,24,30)(H,33,34). The Hall–Kier alpha value is -2.67. The molecule has 196 valence electrons. The summed E-state index contributed by atoms with van der Waals surface area (Å²) in [6.45, 7) is 3.27. The molecular weight excluding hydrogens is 478 g/mol. The third kappa shape index (κ3) is 9.84. The fourth-order valence-electron chi connectivity index (χ4n) is 4.10. The third-order valence-corrected chi connectivity index (χ3v) is 6.33. The van der Waals surface area contributed by atoms with Crippen molar-refractivity contribution in [3.8, 4) is 0 Å². The highest BCUT2D eigenvalue weighted by atomic mass is 32.1. The maximum atomic E-state index is 12.2. The fourth-order valence-corrected chi connectivity index (χ4v) is 4.38. The molecule has 0 saturated carbocycles. The minimum absolute atomic E-state index is 0.00738. The summed E-state index contributed by atoms with van der Waals surface area (Å²) in [4.78, 5) is 74.7. The van der Waals surface area contributed by atoms with Crippen LogP contribution in [-0.2, 0) is 28.8 Å². The Bertz CT molecular complexity index is 796.